The highest BCUT2D eigenvalue weighted by Crippen LogP contribution is 2.30. The van der Waals surface area contributed by atoms with Crippen LogP contribution in [0.5, 0.6) is 0 Å². The lowest BCUT2D eigenvalue weighted by atomic mass is 10.2. The van der Waals surface area contributed by atoms with Gasteiger partial charge >= 0.3 is 0 Å². The number of benzene rings is 1. The molecule has 0 atom stereocenters. The van der Waals surface area contributed by atoms with Crippen LogP contribution in [0.15, 0.2) is 42.6 Å². The van der Waals surface area contributed by atoms with Crippen LogP contribution in [0.1, 0.15) is 0 Å². The van der Waals surface area contributed by atoms with Crippen LogP contribution >= 0.6 is 34.8 Å². The molecule has 2 aromatic heterocycles. The lowest BCUT2D eigenvalue weighted by molar-refractivity contribution is 1.19. The average molecular weight is 298 g/mol. The fourth-order valence-electron chi connectivity index (χ4n) is 1.86. The average Bonchev–Trinajstić information content (AvgIpc) is 2.66. The first-order valence-corrected chi connectivity index (χ1v) is 6.37. The summed E-state index contributed by atoms with van der Waals surface area (Å²) in [6.07, 6.45) is 1.79. The quantitative estimate of drug-likeness (QED) is 0.620. The zero-order chi connectivity index (χ0) is 12.7. The van der Waals surface area contributed by atoms with Crippen molar-refractivity contribution in [3.8, 4) is 11.3 Å². The van der Waals surface area contributed by atoms with Crippen molar-refractivity contribution in [3.05, 3.63) is 57.8 Å². The Balaban J connectivity index is 2.30. The van der Waals surface area contributed by atoms with Crippen LogP contribution in [0.25, 0.3) is 16.9 Å². The number of hydrogen-bond acceptors (Lipinski definition) is 1. The number of rotatable bonds is 1. The fourth-order valence-corrected chi connectivity index (χ4v) is 2.43. The van der Waals surface area contributed by atoms with Gasteiger partial charge in [-0.3, -0.25) is 4.40 Å². The molecule has 0 fully saturated rings. The molecule has 0 saturated carbocycles. The van der Waals surface area contributed by atoms with E-state index in [4.69, 9.17) is 34.8 Å². The predicted molar refractivity (Wildman–Crippen MR) is 75.7 cm³/mol. The van der Waals surface area contributed by atoms with Crippen LogP contribution in [0.4, 0.5) is 0 Å². The zero-order valence-corrected chi connectivity index (χ0v) is 11.3. The third-order valence-electron chi connectivity index (χ3n) is 2.66. The first-order valence-electron chi connectivity index (χ1n) is 5.24. The predicted octanol–water partition coefficient (Wildman–Crippen LogP) is 4.96. The zero-order valence-electron chi connectivity index (χ0n) is 9.07. The number of pyridine rings is 1. The minimum atomic E-state index is 0.444. The highest BCUT2D eigenvalue weighted by atomic mass is 35.5. The van der Waals surface area contributed by atoms with Crippen LogP contribution in [-0.4, -0.2) is 9.38 Å². The van der Waals surface area contributed by atoms with Crippen LogP contribution in [0.2, 0.25) is 15.2 Å². The van der Waals surface area contributed by atoms with E-state index in [0.717, 1.165) is 16.9 Å². The summed E-state index contributed by atoms with van der Waals surface area (Å²) in [4.78, 5) is 4.29. The highest BCUT2D eigenvalue weighted by molar-refractivity contribution is 6.33. The van der Waals surface area contributed by atoms with Gasteiger partial charge in [-0.2, -0.15) is 0 Å². The van der Waals surface area contributed by atoms with Gasteiger partial charge in [0.2, 0.25) is 0 Å². The highest BCUT2D eigenvalue weighted by Gasteiger charge is 2.12. The molecule has 0 aliphatic carbocycles. The molecule has 3 aromatic rings. The van der Waals surface area contributed by atoms with Crippen molar-refractivity contribution in [1.29, 1.82) is 0 Å². The van der Waals surface area contributed by atoms with Gasteiger partial charge in [-0.1, -0.05) is 46.9 Å². The van der Waals surface area contributed by atoms with Gasteiger partial charge in [0.15, 0.2) is 5.15 Å². The minimum Gasteiger partial charge on any atom is -0.297 e. The summed E-state index contributed by atoms with van der Waals surface area (Å²) in [6.45, 7) is 0. The maximum Gasteiger partial charge on any atom is 0.156 e. The molecule has 0 N–H and O–H groups in total. The molecule has 2 heterocycles. The van der Waals surface area contributed by atoms with Gasteiger partial charge in [0.1, 0.15) is 5.65 Å². The number of nitrogens with zero attached hydrogens (tertiary/aromatic N) is 2. The van der Waals surface area contributed by atoms with Gasteiger partial charge < -0.3 is 0 Å². The molecule has 0 amide bonds. The maximum atomic E-state index is 6.19. The molecule has 0 saturated heterocycles. The summed E-state index contributed by atoms with van der Waals surface area (Å²) in [5.41, 5.74) is 2.51. The summed E-state index contributed by atoms with van der Waals surface area (Å²) in [6, 6.07) is 11.0. The molecule has 5 heteroatoms. The van der Waals surface area contributed by atoms with E-state index < -0.39 is 0 Å². The molecule has 0 bridgehead atoms. The molecule has 0 radical (unpaired) electrons. The molecule has 0 aliphatic rings. The summed E-state index contributed by atoms with van der Waals surface area (Å²) < 4.78 is 1.87. The summed E-state index contributed by atoms with van der Waals surface area (Å²) in [5.74, 6) is 0. The molecule has 3 rings (SSSR count). The topological polar surface area (TPSA) is 17.3 Å². The Morgan fingerprint density at radius 2 is 1.50 bits per heavy atom. The molecule has 1 aromatic carbocycles. The molecular weight excluding hydrogens is 291 g/mol. The Kier molecular flexibility index (Phi) is 2.94. The Morgan fingerprint density at radius 3 is 2.22 bits per heavy atom. The third kappa shape index (κ3) is 1.97. The second-order valence-corrected chi connectivity index (χ2v) is 5.06. The van der Waals surface area contributed by atoms with Crippen LogP contribution < -0.4 is 0 Å². The molecule has 0 aliphatic heterocycles. The molecular formula is C13H7Cl3N2. The van der Waals surface area contributed by atoms with Crippen molar-refractivity contribution in [2.45, 2.75) is 0 Å². The van der Waals surface area contributed by atoms with Crippen LogP contribution in [0.3, 0.4) is 0 Å². The lowest BCUT2D eigenvalue weighted by Crippen LogP contribution is -1.88. The van der Waals surface area contributed by atoms with Crippen molar-refractivity contribution < 1.29 is 0 Å². The smallest absolute Gasteiger partial charge is 0.156 e. The molecule has 2 nitrogen and oxygen atoms in total. The van der Waals surface area contributed by atoms with Gasteiger partial charge in [0.25, 0.3) is 0 Å². The van der Waals surface area contributed by atoms with E-state index in [9.17, 15) is 0 Å². The SMILES string of the molecule is Clc1ccc(-c2c(Cl)nc3ccc(Cl)cn23)cc1. The number of imidazole rings is 1. The summed E-state index contributed by atoms with van der Waals surface area (Å²) in [7, 11) is 0. The van der Waals surface area contributed by atoms with Crippen molar-refractivity contribution in [1.82, 2.24) is 9.38 Å². The second kappa shape index (κ2) is 4.47. The number of aromatic nitrogens is 2. The van der Waals surface area contributed by atoms with Gasteiger partial charge in [-0.15, -0.1) is 0 Å². The van der Waals surface area contributed by atoms with Gasteiger partial charge in [0, 0.05) is 16.8 Å². The summed E-state index contributed by atoms with van der Waals surface area (Å²) in [5, 5.41) is 1.76. The normalized spacial score (nSPS) is 11.1. The Hall–Kier alpha value is -1.22. The van der Waals surface area contributed by atoms with E-state index in [0.29, 0.717) is 15.2 Å². The van der Waals surface area contributed by atoms with E-state index in [2.05, 4.69) is 4.98 Å². The van der Waals surface area contributed by atoms with Crippen molar-refractivity contribution in [2.75, 3.05) is 0 Å². The van der Waals surface area contributed by atoms with Gasteiger partial charge in [-0.25, -0.2) is 4.98 Å². The standard InChI is InChI=1S/C13H7Cl3N2/c14-9-3-1-8(2-4-9)12-13(16)17-11-6-5-10(15)7-18(11)12/h1-7H. The van der Waals surface area contributed by atoms with Crippen molar-refractivity contribution in [3.63, 3.8) is 0 Å². The van der Waals surface area contributed by atoms with E-state index in [-0.39, 0.29) is 0 Å². The molecule has 90 valence electrons. The lowest BCUT2D eigenvalue weighted by Gasteiger charge is -2.03. The monoisotopic (exact) mass is 296 g/mol. The molecule has 0 spiro atoms. The second-order valence-electron chi connectivity index (χ2n) is 3.83. The number of halogens is 3. The van der Waals surface area contributed by atoms with Crippen molar-refractivity contribution in [2.24, 2.45) is 0 Å². The number of hydrogen-bond donors (Lipinski definition) is 0. The van der Waals surface area contributed by atoms with Crippen LogP contribution in [0, 0.1) is 0 Å². The molecule has 18 heavy (non-hydrogen) atoms. The first kappa shape index (κ1) is 11.8. The van der Waals surface area contributed by atoms with Crippen LogP contribution in [-0.2, 0) is 0 Å². The van der Waals surface area contributed by atoms with Gasteiger partial charge in [0.05, 0.1) is 10.7 Å². The van der Waals surface area contributed by atoms with E-state index >= 15 is 0 Å². The largest absolute Gasteiger partial charge is 0.297 e. The van der Waals surface area contributed by atoms with E-state index in [1.807, 2.05) is 34.7 Å². The van der Waals surface area contributed by atoms with E-state index in [1.165, 1.54) is 0 Å². The minimum absolute atomic E-state index is 0.444. The Labute approximate surface area is 119 Å². The Morgan fingerprint density at radius 1 is 0.833 bits per heavy atom. The summed E-state index contributed by atoms with van der Waals surface area (Å²) >= 11 is 18.1. The Bertz CT molecular complexity index is 717. The first-order chi connectivity index (χ1) is 8.65. The maximum absolute atomic E-state index is 6.19. The van der Waals surface area contributed by atoms with Gasteiger partial charge in [-0.05, 0) is 24.3 Å². The fraction of sp³-hybridized carbons (Fsp3) is 0. The van der Waals surface area contributed by atoms with E-state index in [1.54, 1.807) is 12.3 Å². The third-order valence-corrected chi connectivity index (χ3v) is 3.40. The number of fused-ring (bicyclic) bond motifs is 1. The van der Waals surface area contributed by atoms with Crippen molar-refractivity contribution >= 4 is 40.4 Å². The molecule has 0 unspecified atom stereocenters.